The number of nitrogens with zero attached hydrogens (tertiary/aromatic N) is 2. The molecule has 4 rings (SSSR count). The number of aryl methyl sites for hydroxylation is 2. The fraction of sp³-hybridized carbons (Fsp3) is 0.200. The summed E-state index contributed by atoms with van der Waals surface area (Å²) in [6.45, 7) is 3.30. The standard InChI is InChI=1S/C20H16N2O6S/c1-10-7-12(27-17(10)20(24)25-3)9-26-19(23)13-8-14(15-5-4-6-29-15)21-18-16(13)11(2)22-28-18/h4-8H,9H2,1-3H3. The predicted molar refractivity (Wildman–Crippen MR) is 104 cm³/mol. The molecule has 148 valence electrons. The molecule has 0 spiro atoms. The maximum atomic E-state index is 12.8. The van der Waals surface area contributed by atoms with E-state index in [0.29, 0.717) is 33.7 Å². The first-order chi connectivity index (χ1) is 14.0. The number of carbonyl (C=O) groups excluding carboxylic acids is 2. The fourth-order valence-electron chi connectivity index (χ4n) is 2.94. The zero-order valence-electron chi connectivity index (χ0n) is 15.8. The smallest absolute Gasteiger partial charge is 0.374 e. The molecule has 0 bridgehead atoms. The number of hydrogen-bond donors (Lipinski definition) is 0. The third-order valence-corrected chi connectivity index (χ3v) is 5.19. The lowest BCUT2D eigenvalue weighted by Gasteiger charge is -2.06. The van der Waals surface area contributed by atoms with Crippen LogP contribution in [0.4, 0.5) is 0 Å². The van der Waals surface area contributed by atoms with Gasteiger partial charge in [-0.15, -0.1) is 11.3 Å². The van der Waals surface area contributed by atoms with E-state index in [2.05, 4.69) is 14.9 Å². The van der Waals surface area contributed by atoms with Gasteiger partial charge in [0.25, 0.3) is 5.71 Å². The maximum Gasteiger partial charge on any atom is 0.374 e. The first-order valence-corrected chi connectivity index (χ1v) is 9.51. The molecule has 0 aromatic carbocycles. The van der Waals surface area contributed by atoms with Crippen molar-refractivity contribution in [3.05, 3.63) is 58.0 Å². The number of carbonyl (C=O) groups is 2. The Morgan fingerprint density at radius 2 is 2.03 bits per heavy atom. The van der Waals surface area contributed by atoms with E-state index in [1.165, 1.54) is 18.4 Å². The summed E-state index contributed by atoms with van der Waals surface area (Å²) < 4.78 is 20.8. The van der Waals surface area contributed by atoms with Crippen molar-refractivity contribution in [3.8, 4) is 10.6 Å². The third kappa shape index (κ3) is 3.52. The van der Waals surface area contributed by atoms with Gasteiger partial charge in [-0.25, -0.2) is 14.6 Å². The van der Waals surface area contributed by atoms with Gasteiger partial charge in [0.05, 0.1) is 34.3 Å². The lowest BCUT2D eigenvalue weighted by Crippen LogP contribution is -2.07. The highest BCUT2D eigenvalue weighted by atomic mass is 32.1. The van der Waals surface area contributed by atoms with Crippen molar-refractivity contribution in [2.75, 3.05) is 7.11 Å². The van der Waals surface area contributed by atoms with Gasteiger partial charge < -0.3 is 18.4 Å². The molecule has 0 atom stereocenters. The molecule has 0 aliphatic heterocycles. The van der Waals surface area contributed by atoms with Crippen molar-refractivity contribution >= 4 is 34.4 Å². The SMILES string of the molecule is COC(=O)c1oc(COC(=O)c2cc(-c3cccs3)nc3onc(C)c23)cc1C. The van der Waals surface area contributed by atoms with Crippen LogP contribution in [0.25, 0.3) is 21.7 Å². The molecule has 0 aliphatic rings. The van der Waals surface area contributed by atoms with Gasteiger partial charge in [0.2, 0.25) is 5.76 Å². The van der Waals surface area contributed by atoms with Crippen LogP contribution in [0.1, 0.15) is 37.9 Å². The van der Waals surface area contributed by atoms with E-state index in [0.717, 1.165) is 4.88 Å². The summed E-state index contributed by atoms with van der Waals surface area (Å²) in [5.41, 5.74) is 2.30. The van der Waals surface area contributed by atoms with E-state index in [9.17, 15) is 9.59 Å². The van der Waals surface area contributed by atoms with Gasteiger partial charge in [-0.3, -0.25) is 0 Å². The van der Waals surface area contributed by atoms with Crippen LogP contribution in [0.3, 0.4) is 0 Å². The molecule has 0 amide bonds. The summed E-state index contributed by atoms with van der Waals surface area (Å²) in [5, 5.41) is 6.33. The normalized spacial score (nSPS) is 11.0. The van der Waals surface area contributed by atoms with Crippen LogP contribution in [0.15, 0.2) is 38.6 Å². The van der Waals surface area contributed by atoms with Crippen LogP contribution in [-0.2, 0) is 16.1 Å². The summed E-state index contributed by atoms with van der Waals surface area (Å²) in [4.78, 5) is 29.8. The Morgan fingerprint density at radius 1 is 1.21 bits per heavy atom. The van der Waals surface area contributed by atoms with Crippen molar-refractivity contribution in [1.29, 1.82) is 0 Å². The van der Waals surface area contributed by atoms with Crippen molar-refractivity contribution in [2.45, 2.75) is 20.5 Å². The second-order valence-corrected chi connectivity index (χ2v) is 7.22. The largest absolute Gasteiger partial charge is 0.463 e. The highest BCUT2D eigenvalue weighted by Gasteiger charge is 2.22. The Hall–Kier alpha value is -3.46. The zero-order valence-corrected chi connectivity index (χ0v) is 16.7. The summed E-state index contributed by atoms with van der Waals surface area (Å²) in [6, 6.07) is 7.09. The van der Waals surface area contributed by atoms with Gasteiger partial charge in [-0.1, -0.05) is 11.2 Å². The third-order valence-electron chi connectivity index (χ3n) is 4.30. The summed E-state index contributed by atoms with van der Waals surface area (Å²) in [7, 11) is 1.27. The maximum absolute atomic E-state index is 12.8. The Kier molecular flexibility index (Phi) is 4.89. The molecule has 9 heteroatoms. The molecular weight excluding hydrogens is 396 g/mol. The van der Waals surface area contributed by atoms with Crippen LogP contribution in [0.5, 0.6) is 0 Å². The highest BCUT2D eigenvalue weighted by Crippen LogP contribution is 2.30. The average Bonchev–Trinajstić information content (AvgIpc) is 3.45. The predicted octanol–water partition coefficient (Wildman–Crippen LogP) is 4.30. The summed E-state index contributed by atoms with van der Waals surface area (Å²) in [6.07, 6.45) is 0. The van der Waals surface area contributed by atoms with Crippen molar-refractivity contribution in [1.82, 2.24) is 10.1 Å². The minimum atomic E-state index is -0.586. The quantitative estimate of drug-likeness (QED) is 0.447. The first-order valence-electron chi connectivity index (χ1n) is 8.63. The monoisotopic (exact) mass is 412 g/mol. The Morgan fingerprint density at radius 3 is 2.76 bits per heavy atom. The topological polar surface area (TPSA) is 105 Å². The number of aromatic nitrogens is 2. The highest BCUT2D eigenvalue weighted by molar-refractivity contribution is 7.13. The van der Waals surface area contributed by atoms with E-state index in [4.69, 9.17) is 13.7 Å². The van der Waals surface area contributed by atoms with E-state index in [1.807, 2.05) is 17.5 Å². The minimum absolute atomic E-state index is 0.0831. The van der Waals surface area contributed by atoms with Crippen LogP contribution in [-0.4, -0.2) is 29.2 Å². The Labute approximate surface area is 169 Å². The second kappa shape index (κ2) is 7.51. The van der Waals surface area contributed by atoms with E-state index in [1.54, 1.807) is 26.0 Å². The molecule has 0 aliphatic carbocycles. The molecule has 0 saturated carbocycles. The molecule has 0 fully saturated rings. The van der Waals surface area contributed by atoms with Crippen molar-refractivity contribution in [3.63, 3.8) is 0 Å². The molecule has 0 N–H and O–H groups in total. The Balaban J connectivity index is 1.63. The number of fused-ring (bicyclic) bond motifs is 1. The van der Waals surface area contributed by atoms with Gasteiger partial charge in [0.1, 0.15) is 12.4 Å². The van der Waals surface area contributed by atoms with Crippen molar-refractivity contribution in [2.24, 2.45) is 0 Å². The van der Waals surface area contributed by atoms with Crippen molar-refractivity contribution < 1.29 is 28.0 Å². The number of hydrogen-bond acceptors (Lipinski definition) is 9. The van der Waals surface area contributed by atoms with Crippen LogP contribution in [0, 0.1) is 13.8 Å². The fourth-order valence-corrected chi connectivity index (χ4v) is 3.62. The molecule has 0 saturated heterocycles. The summed E-state index contributed by atoms with van der Waals surface area (Å²) >= 11 is 1.50. The molecular formula is C20H16N2O6S. The lowest BCUT2D eigenvalue weighted by molar-refractivity contribution is 0.0440. The molecule has 8 nitrogen and oxygen atoms in total. The summed E-state index contributed by atoms with van der Waals surface area (Å²) in [5.74, 6) is -0.742. The van der Waals surface area contributed by atoms with Gasteiger partial charge in [-0.2, -0.15) is 0 Å². The molecule has 4 aromatic heterocycles. The number of pyridine rings is 1. The number of ether oxygens (including phenoxy) is 2. The van der Waals surface area contributed by atoms with Gasteiger partial charge in [0.15, 0.2) is 0 Å². The number of rotatable bonds is 5. The van der Waals surface area contributed by atoms with E-state index < -0.39 is 11.9 Å². The van der Waals surface area contributed by atoms with Crippen LogP contribution in [0.2, 0.25) is 0 Å². The molecule has 4 aromatic rings. The number of furan rings is 1. The van der Waals surface area contributed by atoms with Gasteiger partial charge in [-0.05, 0) is 37.4 Å². The minimum Gasteiger partial charge on any atom is -0.463 e. The second-order valence-electron chi connectivity index (χ2n) is 6.27. The molecule has 29 heavy (non-hydrogen) atoms. The van der Waals surface area contributed by atoms with Gasteiger partial charge in [0, 0.05) is 5.56 Å². The van der Waals surface area contributed by atoms with E-state index in [-0.39, 0.29) is 18.1 Å². The van der Waals surface area contributed by atoms with E-state index >= 15 is 0 Å². The number of esters is 2. The van der Waals surface area contributed by atoms with Crippen LogP contribution >= 0.6 is 11.3 Å². The first kappa shape index (κ1) is 18.9. The molecule has 4 heterocycles. The number of methoxy groups -OCH3 is 1. The zero-order chi connectivity index (χ0) is 20.5. The molecule has 0 radical (unpaired) electrons. The van der Waals surface area contributed by atoms with Crippen LogP contribution < -0.4 is 0 Å². The average molecular weight is 412 g/mol. The Bertz CT molecular complexity index is 1210. The molecule has 0 unspecified atom stereocenters. The van der Waals surface area contributed by atoms with Gasteiger partial charge >= 0.3 is 11.9 Å². The lowest BCUT2D eigenvalue weighted by atomic mass is 10.1. The number of thiophene rings is 1.